The summed E-state index contributed by atoms with van der Waals surface area (Å²) in [5.74, 6) is -0.650. The third-order valence-corrected chi connectivity index (χ3v) is 12.6. The number of H-pyrrole nitrogens is 1. The van der Waals surface area contributed by atoms with Gasteiger partial charge in [0, 0.05) is 76.8 Å². The highest BCUT2D eigenvalue weighted by atomic mass is 35.5. The van der Waals surface area contributed by atoms with Gasteiger partial charge in [0.1, 0.15) is 0 Å². The molecule has 2 aromatic carbocycles. The molecule has 5 aliphatic rings. The summed E-state index contributed by atoms with van der Waals surface area (Å²) >= 11 is 6.36. The lowest BCUT2D eigenvalue weighted by Crippen LogP contribution is -2.61. The molecular formula is C39H46ClF3N8O3. The molecule has 2 amide bonds. The highest BCUT2D eigenvalue weighted by Crippen LogP contribution is 2.40. The topological polar surface area (TPSA) is 110 Å². The van der Waals surface area contributed by atoms with Crippen molar-refractivity contribution in [2.45, 2.75) is 56.8 Å². The number of amides is 2. The molecule has 2 aromatic heterocycles. The van der Waals surface area contributed by atoms with E-state index in [1.54, 1.807) is 20.6 Å². The molecule has 0 aliphatic carbocycles. The zero-order valence-electron chi connectivity index (χ0n) is 30.4. The number of aromatic amines is 1. The Bertz CT molecular complexity index is 2100. The summed E-state index contributed by atoms with van der Waals surface area (Å²) in [5, 5.41) is 3.32. The molecule has 0 saturated carbocycles. The van der Waals surface area contributed by atoms with Crippen molar-refractivity contribution in [3.8, 4) is 0 Å². The summed E-state index contributed by atoms with van der Waals surface area (Å²) in [6.07, 6.45) is 0.306. The number of carbonyl (C=O) groups excluding carboxylic acids is 2. The number of para-hydroxylation sites is 1. The molecule has 7 heterocycles. The van der Waals surface area contributed by atoms with Crippen LogP contribution < -0.4 is 11.0 Å². The number of fused-ring (bicyclic) bond motifs is 6. The summed E-state index contributed by atoms with van der Waals surface area (Å²) in [6, 6.07) is 10.4. The van der Waals surface area contributed by atoms with Crippen molar-refractivity contribution in [2.24, 2.45) is 11.8 Å². The van der Waals surface area contributed by atoms with Crippen molar-refractivity contribution in [3.05, 3.63) is 69.2 Å². The van der Waals surface area contributed by atoms with E-state index in [1.165, 1.54) is 26.0 Å². The highest BCUT2D eigenvalue weighted by molar-refractivity contribution is 6.33. The molecular weight excluding hydrogens is 721 g/mol. The van der Waals surface area contributed by atoms with Gasteiger partial charge >= 0.3 is 11.9 Å². The molecule has 2 N–H and O–H groups in total. The predicted molar refractivity (Wildman–Crippen MR) is 202 cm³/mol. The number of aromatic nitrogens is 3. The first kappa shape index (κ1) is 36.8. The Morgan fingerprint density at radius 1 is 0.981 bits per heavy atom. The van der Waals surface area contributed by atoms with E-state index in [2.05, 4.69) is 25.1 Å². The van der Waals surface area contributed by atoms with Gasteiger partial charge in [0.15, 0.2) is 0 Å². The number of nitrogens with one attached hydrogen (secondary N) is 2. The molecule has 2 bridgehead atoms. The second-order valence-corrected chi connectivity index (χ2v) is 15.8. The number of hydrogen-bond acceptors (Lipinski definition) is 7. The third-order valence-electron chi connectivity index (χ3n) is 12.3. The SMILES string of the molecule is CNc1c(Cl)cc(C[C@@H](CC(=O)N2CCC(n3c(=O)[nH]c4c5ccccc5ncc43)CC2)C(=O)N2CCN(C3CN4CCC3CC4)CC2)cc1C(F)(F)F. The highest BCUT2D eigenvalue weighted by Gasteiger charge is 2.40. The largest absolute Gasteiger partial charge is 0.418 e. The lowest BCUT2D eigenvalue weighted by molar-refractivity contribution is -0.143. The fraction of sp³-hybridized carbons (Fsp3) is 0.538. The molecule has 54 heavy (non-hydrogen) atoms. The van der Waals surface area contributed by atoms with E-state index < -0.39 is 17.7 Å². The lowest BCUT2D eigenvalue weighted by atomic mass is 9.83. The molecule has 2 atom stereocenters. The van der Waals surface area contributed by atoms with Gasteiger partial charge in [0.25, 0.3) is 0 Å². The second kappa shape index (κ2) is 14.8. The average molecular weight is 767 g/mol. The number of hydrogen-bond donors (Lipinski definition) is 2. The number of alkyl halides is 3. The van der Waals surface area contributed by atoms with Crippen LogP contribution in [0.5, 0.6) is 0 Å². The fourth-order valence-electron chi connectivity index (χ4n) is 9.47. The van der Waals surface area contributed by atoms with Crippen molar-refractivity contribution in [3.63, 3.8) is 0 Å². The van der Waals surface area contributed by atoms with E-state index in [9.17, 15) is 27.6 Å². The maximum absolute atomic E-state index is 14.3. The lowest BCUT2D eigenvalue weighted by Gasteiger charge is -2.51. The van der Waals surface area contributed by atoms with Crippen LogP contribution in [0, 0.1) is 11.8 Å². The quantitative estimate of drug-likeness (QED) is 0.253. The van der Waals surface area contributed by atoms with Crippen LogP contribution >= 0.6 is 11.6 Å². The maximum atomic E-state index is 14.3. The standard InChI is InChI=1S/C39H46ClF3N8O3/c1-44-36-29(39(41,42)43)19-24(20-30(36)40)18-26(37(53)50-16-14-48(15-17-50)33-23-47-10-6-25(33)7-11-47)21-34(52)49-12-8-27(9-13-49)51-32-22-45-31-5-3-2-4-28(31)35(32)46-38(51)54/h2-5,19-20,22,25-27,33,44H,6-18,21,23H2,1H3,(H,46,54)/t26-,33?/m0/s1. The molecule has 5 aliphatic heterocycles. The Kier molecular flexibility index (Phi) is 10.1. The Morgan fingerprint density at radius 3 is 2.37 bits per heavy atom. The Balaban J connectivity index is 0.983. The van der Waals surface area contributed by atoms with E-state index in [4.69, 9.17) is 11.6 Å². The minimum absolute atomic E-state index is 0.0562. The van der Waals surface area contributed by atoms with Gasteiger partial charge in [-0.3, -0.25) is 24.0 Å². The summed E-state index contributed by atoms with van der Waals surface area (Å²) < 4.78 is 44.1. The number of imidazole rings is 1. The number of likely N-dealkylation sites (tertiary alicyclic amines) is 1. The fourth-order valence-corrected chi connectivity index (χ4v) is 9.80. The van der Waals surface area contributed by atoms with Crippen molar-refractivity contribution < 1.29 is 22.8 Å². The number of benzene rings is 2. The maximum Gasteiger partial charge on any atom is 0.418 e. The normalized spacial score (nSPS) is 23.3. The number of anilines is 1. The van der Waals surface area contributed by atoms with Gasteiger partial charge in [0.2, 0.25) is 11.8 Å². The number of piperidine rings is 4. The van der Waals surface area contributed by atoms with Crippen LogP contribution in [0.25, 0.3) is 21.9 Å². The van der Waals surface area contributed by atoms with Gasteiger partial charge in [-0.1, -0.05) is 29.8 Å². The van der Waals surface area contributed by atoms with E-state index in [0.717, 1.165) is 55.2 Å². The van der Waals surface area contributed by atoms with Crippen LogP contribution in [-0.2, 0) is 22.2 Å². The van der Waals surface area contributed by atoms with Crippen LogP contribution in [-0.4, -0.2) is 118 Å². The molecule has 5 saturated heterocycles. The molecule has 0 spiro atoms. The summed E-state index contributed by atoms with van der Waals surface area (Å²) in [6.45, 7) is 6.59. The van der Waals surface area contributed by atoms with Gasteiger partial charge in [0.05, 0.1) is 44.9 Å². The van der Waals surface area contributed by atoms with Crippen LogP contribution in [0.15, 0.2) is 47.4 Å². The Hall–Kier alpha value is -4.14. The number of nitrogens with zero attached hydrogens (tertiary/aromatic N) is 6. The summed E-state index contributed by atoms with van der Waals surface area (Å²) in [4.78, 5) is 57.5. The van der Waals surface area contributed by atoms with Crippen molar-refractivity contribution in [2.75, 3.05) is 71.3 Å². The number of carbonyl (C=O) groups is 2. The minimum Gasteiger partial charge on any atom is -0.386 e. The first-order valence-electron chi connectivity index (χ1n) is 19.1. The molecule has 15 heteroatoms. The molecule has 288 valence electrons. The molecule has 1 unspecified atom stereocenters. The van der Waals surface area contributed by atoms with Gasteiger partial charge in [-0.25, -0.2) is 4.79 Å². The second-order valence-electron chi connectivity index (χ2n) is 15.4. The smallest absolute Gasteiger partial charge is 0.386 e. The zero-order chi connectivity index (χ0) is 37.7. The average Bonchev–Trinajstić information content (AvgIpc) is 3.53. The third kappa shape index (κ3) is 7.08. The van der Waals surface area contributed by atoms with E-state index >= 15 is 0 Å². The van der Waals surface area contributed by atoms with Crippen LogP contribution in [0.4, 0.5) is 18.9 Å². The molecule has 11 nitrogen and oxygen atoms in total. The van der Waals surface area contributed by atoms with Gasteiger partial charge < -0.3 is 25.0 Å². The molecule has 0 radical (unpaired) electrons. The molecule has 5 fully saturated rings. The summed E-state index contributed by atoms with van der Waals surface area (Å²) in [5.41, 5.74) is 1.12. The number of pyridine rings is 1. The molecule has 9 rings (SSSR count). The Labute approximate surface area is 316 Å². The van der Waals surface area contributed by atoms with E-state index in [0.29, 0.717) is 56.5 Å². The Morgan fingerprint density at radius 2 is 1.70 bits per heavy atom. The van der Waals surface area contributed by atoms with Crippen molar-refractivity contribution in [1.29, 1.82) is 0 Å². The first-order valence-corrected chi connectivity index (χ1v) is 19.4. The van der Waals surface area contributed by atoms with Gasteiger partial charge in [-0.2, -0.15) is 13.2 Å². The molecule has 4 aromatic rings. The predicted octanol–water partition coefficient (Wildman–Crippen LogP) is 5.24. The number of rotatable bonds is 8. The monoisotopic (exact) mass is 766 g/mol. The van der Waals surface area contributed by atoms with Gasteiger partial charge in [-0.15, -0.1) is 0 Å². The van der Waals surface area contributed by atoms with Crippen LogP contribution in [0.1, 0.15) is 49.3 Å². The number of halogens is 4. The van der Waals surface area contributed by atoms with Gasteiger partial charge in [-0.05, 0) is 74.9 Å². The van der Waals surface area contributed by atoms with E-state index in [1.807, 2.05) is 24.3 Å². The zero-order valence-corrected chi connectivity index (χ0v) is 31.1. The summed E-state index contributed by atoms with van der Waals surface area (Å²) in [7, 11) is 1.38. The van der Waals surface area contributed by atoms with Crippen molar-refractivity contribution >= 4 is 51.0 Å². The van der Waals surface area contributed by atoms with E-state index in [-0.39, 0.29) is 52.7 Å². The first-order chi connectivity index (χ1) is 26.0. The number of piperazine rings is 1. The van der Waals surface area contributed by atoms with Crippen molar-refractivity contribution in [1.82, 2.24) is 34.1 Å². The minimum atomic E-state index is -4.67. The van der Waals surface area contributed by atoms with Crippen LogP contribution in [0.2, 0.25) is 5.02 Å². The van der Waals surface area contributed by atoms with Crippen LogP contribution in [0.3, 0.4) is 0 Å².